The first kappa shape index (κ1) is 17.8. The molecule has 0 saturated carbocycles. The van der Waals surface area contributed by atoms with E-state index in [2.05, 4.69) is 0 Å². The van der Waals surface area contributed by atoms with Crippen LogP contribution in [0, 0.1) is 5.41 Å². The molecule has 0 aliphatic carbocycles. The lowest BCUT2D eigenvalue weighted by Crippen LogP contribution is -2.34. The van der Waals surface area contributed by atoms with Crippen molar-refractivity contribution >= 4 is 18.3 Å². The van der Waals surface area contributed by atoms with E-state index in [-0.39, 0.29) is 29.3 Å². The summed E-state index contributed by atoms with van der Waals surface area (Å²) in [7, 11) is 0. The minimum absolute atomic E-state index is 0. The number of alkyl halides is 3. The van der Waals surface area contributed by atoms with Gasteiger partial charge in [0.25, 0.3) is 5.91 Å². The molecular weight excluding hydrogens is 305 g/mol. The smallest absolute Gasteiger partial charge is 0.338 e. The number of nitrogens with two attached hydrogens (primary N) is 1. The molecule has 1 fully saturated rings. The van der Waals surface area contributed by atoms with E-state index in [1.54, 1.807) is 4.90 Å². The number of rotatable bonds is 2. The molecule has 21 heavy (non-hydrogen) atoms. The van der Waals surface area contributed by atoms with Crippen molar-refractivity contribution in [2.24, 2.45) is 11.1 Å². The van der Waals surface area contributed by atoms with Gasteiger partial charge in [-0.15, -0.1) is 12.4 Å². The van der Waals surface area contributed by atoms with Crippen molar-refractivity contribution < 1.29 is 18.0 Å². The number of carbonyl (C=O) groups is 1. The van der Waals surface area contributed by atoms with Crippen LogP contribution in [0.3, 0.4) is 0 Å². The van der Waals surface area contributed by atoms with Crippen LogP contribution >= 0.6 is 12.4 Å². The molecule has 0 aromatic heterocycles. The first-order valence-electron chi connectivity index (χ1n) is 6.42. The first-order chi connectivity index (χ1) is 9.25. The average molecular weight is 323 g/mol. The van der Waals surface area contributed by atoms with Crippen LogP contribution in [0.25, 0.3) is 0 Å². The highest BCUT2D eigenvalue weighted by Gasteiger charge is 2.35. The summed E-state index contributed by atoms with van der Waals surface area (Å²) < 4.78 is 37.4. The van der Waals surface area contributed by atoms with Crippen molar-refractivity contribution in [1.29, 1.82) is 0 Å². The monoisotopic (exact) mass is 322 g/mol. The Morgan fingerprint density at radius 2 is 1.90 bits per heavy atom. The van der Waals surface area contributed by atoms with Gasteiger partial charge in [-0.1, -0.05) is 6.92 Å². The van der Waals surface area contributed by atoms with Gasteiger partial charge < -0.3 is 10.6 Å². The average Bonchev–Trinajstić information content (AvgIpc) is 2.80. The molecule has 118 valence electrons. The molecule has 1 aliphatic rings. The standard InChI is InChI=1S/C14H17F3N2O.ClH/c1-13(8-18)6-7-19(9-13)12(20)10-2-4-11(5-3-10)14(15,16)17;/h2-5H,6-9,18H2,1H3;1H. The van der Waals surface area contributed by atoms with Gasteiger partial charge >= 0.3 is 6.18 Å². The van der Waals surface area contributed by atoms with Crippen LogP contribution in [-0.4, -0.2) is 30.4 Å². The van der Waals surface area contributed by atoms with Crippen molar-refractivity contribution in [1.82, 2.24) is 4.90 Å². The predicted molar refractivity (Wildman–Crippen MR) is 76.4 cm³/mol. The SMILES string of the molecule is CC1(CN)CCN(C(=O)c2ccc(C(F)(F)F)cc2)C1.Cl. The summed E-state index contributed by atoms with van der Waals surface area (Å²) in [6.07, 6.45) is -3.57. The van der Waals surface area contributed by atoms with Crippen molar-refractivity contribution in [3.05, 3.63) is 35.4 Å². The summed E-state index contributed by atoms with van der Waals surface area (Å²) in [6.45, 7) is 3.63. The molecule has 2 rings (SSSR count). The van der Waals surface area contributed by atoms with Crippen molar-refractivity contribution in [2.45, 2.75) is 19.5 Å². The Balaban J connectivity index is 0.00000220. The molecule has 1 aliphatic heterocycles. The topological polar surface area (TPSA) is 46.3 Å². The van der Waals surface area contributed by atoms with E-state index in [0.717, 1.165) is 18.6 Å². The van der Waals surface area contributed by atoms with Gasteiger partial charge in [0.15, 0.2) is 0 Å². The third-order valence-corrected chi connectivity index (χ3v) is 3.80. The number of hydrogen-bond acceptors (Lipinski definition) is 2. The molecule has 1 atom stereocenters. The number of halogens is 4. The molecule has 7 heteroatoms. The maximum atomic E-state index is 12.5. The zero-order chi connectivity index (χ0) is 15.0. The highest BCUT2D eigenvalue weighted by molar-refractivity contribution is 5.94. The van der Waals surface area contributed by atoms with E-state index in [9.17, 15) is 18.0 Å². The van der Waals surface area contributed by atoms with Gasteiger partial charge in [0.2, 0.25) is 0 Å². The first-order valence-corrected chi connectivity index (χ1v) is 6.42. The van der Waals surface area contributed by atoms with Gasteiger partial charge in [0.05, 0.1) is 5.56 Å². The molecule has 1 amide bonds. The number of benzene rings is 1. The highest BCUT2D eigenvalue weighted by atomic mass is 35.5. The Hall–Kier alpha value is -1.27. The molecule has 2 N–H and O–H groups in total. The lowest BCUT2D eigenvalue weighted by atomic mass is 9.90. The Bertz CT molecular complexity index is 504. The largest absolute Gasteiger partial charge is 0.416 e. The predicted octanol–water partition coefficient (Wildman–Crippen LogP) is 2.94. The zero-order valence-corrected chi connectivity index (χ0v) is 12.4. The maximum absolute atomic E-state index is 12.5. The van der Waals surface area contributed by atoms with Crippen LogP contribution < -0.4 is 5.73 Å². The number of amides is 1. The highest BCUT2D eigenvalue weighted by Crippen LogP contribution is 2.31. The van der Waals surface area contributed by atoms with E-state index in [4.69, 9.17) is 5.73 Å². The molecular formula is C14H18ClF3N2O. The third-order valence-electron chi connectivity index (χ3n) is 3.80. The van der Waals surface area contributed by atoms with Gasteiger partial charge in [-0.25, -0.2) is 0 Å². The van der Waals surface area contributed by atoms with Crippen molar-refractivity contribution in [2.75, 3.05) is 19.6 Å². The van der Waals surface area contributed by atoms with Gasteiger partial charge in [0.1, 0.15) is 0 Å². The minimum Gasteiger partial charge on any atom is -0.338 e. The van der Waals surface area contributed by atoms with Gasteiger partial charge in [-0.05, 0) is 42.6 Å². The number of likely N-dealkylation sites (tertiary alicyclic amines) is 1. The number of hydrogen-bond donors (Lipinski definition) is 1. The van der Waals surface area contributed by atoms with Crippen molar-refractivity contribution in [3.63, 3.8) is 0 Å². The zero-order valence-electron chi connectivity index (χ0n) is 11.6. The lowest BCUT2D eigenvalue weighted by Gasteiger charge is -2.22. The van der Waals surface area contributed by atoms with Gasteiger partial charge in [-0.3, -0.25) is 4.79 Å². The fraction of sp³-hybridized carbons (Fsp3) is 0.500. The number of carbonyl (C=O) groups excluding carboxylic acids is 1. The molecule has 0 spiro atoms. The van der Waals surface area contributed by atoms with Crippen LogP contribution in [0.4, 0.5) is 13.2 Å². The summed E-state index contributed by atoms with van der Waals surface area (Å²) in [5, 5.41) is 0. The molecule has 3 nitrogen and oxygen atoms in total. The van der Waals surface area contributed by atoms with E-state index in [1.807, 2.05) is 6.92 Å². The summed E-state index contributed by atoms with van der Waals surface area (Å²) in [6, 6.07) is 4.32. The Kier molecular flexibility index (Phi) is 5.28. The van der Waals surface area contributed by atoms with Crippen LogP contribution in [0.2, 0.25) is 0 Å². The summed E-state index contributed by atoms with van der Waals surface area (Å²) in [5.41, 5.74) is 5.11. The minimum atomic E-state index is -4.38. The molecule has 1 aromatic carbocycles. The molecule has 1 saturated heterocycles. The van der Waals surface area contributed by atoms with Crippen LogP contribution in [0.1, 0.15) is 29.3 Å². The second-order valence-corrected chi connectivity index (χ2v) is 5.57. The molecule has 1 heterocycles. The third kappa shape index (κ3) is 3.89. The van der Waals surface area contributed by atoms with Crippen LogP contribution in [0.5, 0.6) is 0 Å². The fourth-order valence-electron chi connectivity index (χ4n) is 2.35. The normalized spacial score (nSPS) is 22.0. The lowest BCUT2D eigenvalue weighted by molar-refractivity contribution is -0.137. The summed E-state index contributed by atoms with van der Waals surface area (Å²) in [4.78, 5) is 13.9. The van der Waals surface area contributed by atoms with Gasteiger partial charge in [-0.2, -0.15) is 13.2 Å². The van der Waals surface area contributed by atoms with Crippen LogP contribution in [-0.2, 0) is 6.18 Å². The van der Waals surface area contributed by atoms with E-state index < -0.39 is 11.7 Å². The van der Waals surface area contributed by atoms with E-state index in [0.29, 0.717) is 19.6 Å². The van der Waals surface area contributed by atoms with E-state index in [1.165, 1.54) is 12.1 Å². The quantitative estimate of drug-likeness (QED) is 0.910. The molecule has 1 aromatic rings. The summed E-state index contributed by atoms with van der Waals surface area (Å²) in [5.74, 6) is -0.240. The second-order valence-electron chi connectivity index (χ2n) is 5.57. The molecule has 0 radical (unpaired) electrons. The Morgan fingerprint density at radius 1 is 1.33 bits per heavy atom. The summed E-state index contributed by atoms with van der Waals surface area (Å²) >= 11 is 0. The number of nitrogens with zero attached hydrogens (tertiary/aromatic N) is 1. The van der Waals surface area contributed by atoms with E-state index >= 15 is 0 Å². The fourth-order valence-corrected chi connectivity index (χ4v) is 2.35. The van der Waals surface area contributed by atoms with Crippen molar-refractivity contribution in [3.8, 4) is 0 Å². The molecule has 1 unspecified atom stereocenters. The second kappa shape index (κ2) is 6.23. The Morgan fingerprint density at radius 3 is 2.33 bits per heavy atom. The van der Waals surface area contributed by atoms with Crippen LogP contribution in [0.15, 0.2) is 24.3 Å². The molecule has 0 bridgehead atoms. The Labute approximate surface area is 127 Å². The maximum Gasteiger partial charge on any atom is 0.416 e. The van der Waals surface area contributed by atoms with Gasteiger partial charge in [0, 0.05) is 18.7 Å².